The molecule has 0 saturated heterocycles. The van der Waals surface area contributed by atoms with Crippen molar-refractivity contribution in [3.8, 4) is 0 Å². The Balaban J connectivity index is 0.000000223. The predicted molar refractivity (Wildman–Crippen MR) is 179 cm³/mol. The average molecular weight is 582 g/mol. The molecule has 0 aromatic heterocycles. The van der Waals surface area contributed by atoms with Crippen molar-refractivity contribution in [2.75, 3.05) is 16.4 Å². The van der Waals surface area contributed by atoms with Crippen LogP contribution in [0.15, 0.2) is 146 Å². The quantitative estimate of drug-likeness (QED) is 0.120. The van der Waals surface area contributed by atoms with E-state index in [9.17, 15) is 14.4 Å². The summed E-state index contributed by atoms with van der Waals surface area (Å²) in [5, 5.41) is 5.72. The molecule has 5 aromatic rings. The molecule has 220 valence electrons. The van der Waals surface area contributed by atoms with Gasteiger partial charge in [0.15, 0.2) is 5.78 Å². The summed E-state index contributed by atoms with van der Waals surface area (Å²) in [7, 11) is 0. The molecule has 0 bridgehead atoms. The van der Waals surface area contributed by atoms with Crippen molar-refractivity contribution < 1.29 is 14.4 Å². The molecule has 5 aromatic carbocycles. The predicted octanol–water partition coefficient (Wildman–Crippen LogP) is 7.14. The summed E-state index contributed by atoms with van der Waals surface area (Å²) in [5.74, 6) is -0.168. The van der Waals surface area contributed by atoms with Gasteiger partial charge < -0.3 is 16.4 Å². The number of hydrogen-bond acceptors (Lipinski definition) is 4. The van der Waals surface area contributed by atoms with Crippen LogP contribution in [0.4, 0.5) is 17.1 Å². The van der Waals surface area contributed by atoms with Gasteiger partial charge in [0.25, 0.3) is 0 Å². The SMILES string of the molecule is Nc1ccccc1NC(=O)Cc1ccccc1.O=C(/C=C/c1ccccc1)Cc1ccccc1NC(=O)Cc1ccccc1. The molecule has 0 spiro atoms. The van der Waals surface area contributed by atoms with Crippen LogP contribution in [0.5, 0.6) is 0 Å². The van der Waals surface area contributed by atoms with Crippen LogP contribution in [0.3, 0.4) is 0 Å². The summed E-state index contributed by atoms with van der Waals surface area (Å²) < 4.78 is 0. The number of para-hydroxylation sites is 3. The van der Waals surface area contributed by atoms with Gasteiger partial charge in [-0.05, 0) is 46.5 Å². The Morgan fingerprint density at radius 1 is 0.523 bits per heavy atom. The van der Waals surface area contributed by atoms with E-state index < -0.39 is 0 Å². The summed E-state index contributed by atoms with van der Waals surface area (Å²) >= 11 is 0. The van der Waals surface area contributed by atoms with Crippen molar-refractivity contribution in [3.63, 3.8) is 0 Å². The summed E-state index contributed by atoms with van der Waals surface area (Å²) in [5.41, 5.74) is 11.4. The molecule has 2 amide bonds. The third-order valence-corrected chi connectivity index (χ3v) is 6.57. The number of anilines is 3. The Labute approximate surface area is 258 Å². The van der Waals surface area contributed by atoms with Crippen molar-refractivity contribution in [1.29, 1.82) is 0 Å². The van der Waals surface area contributed by atoms with E-state index in [4.69, 9.17) is 5.73 Å². The van der Waals surface area contributed by atoms with E-state index in [1.165, 1.54) is 0 Å². The standard InChI is InChI=1S/C24H21NO2.C14H14N2O/c26-22(16-15-19-9-3-1-4-10-19)18-21-13-7-8-14-23(21)25-24(27)17-20-11-5-2-6-12-20;15-12-8-4-5-9-13(12)16-14(17)10-11-6-2-1-3-7-11/h1-16H,17-18H2,(H,25,27);1-9H,10,15H2,(H,16,17)/b16-15+;. The number of carbonyl (C=O) groups is 3. The smallest absolute Gasteiger partial charge is 0.228 e. The maximum absolute atomic E-state index is 12.3. The first-order valence-electron chi connectivity index (χ1n) is 14.3. The maximum Gasteiger partial charge on any atom is 0.228 e. The van der Waals surface area contributed by atoms with E-state index in [1.807, 2.05) is 127 Å². The van der Waals surface area contributed by atoms with Crippen LogP contribution in [0.25, 0.3) is 6.08 Å². The first-order valence-corrected chi connectivity index (χ1v) is 14.3. The van der Waals surface area contributed by atoms with E-state index in [1.54, 1.807) is 24.3 Å². The number of amides is 2. The van der Waals surface area contributed by atoms with Crippen molar-refractivity contribution in [2.24, 2.45) is 0 Å². The largest absolute Gasteiger partial charge is 0.397 e. The molecular formula is C38H35N3O3. The summed E-state index contributed by atoms with van der Waals surface area (Å²) in [6, 6.07) is 43.5. The van der Waals surface area contributed by atoms with Gasteiger partial charge in [-0.1, -0.05) is 127 Å². The highest BCUT2D eigenvalue weighted by atomic mass is 16.2. The van der Waals surface area contributed by atoms with Gasteiger partial charge in [-0.2, -0.15) is 0 Å². The van der Waals surface area contributed by atoms with Crippen LogP contribution < -0.4 is 16.4 Å². The molecule has 0 unspecified atom stereocenters. The Hall–Kier alpha value is -5.75. The number of nitrogens with one attached hydrogen (secondary N) is 2. The zero-order valence-electron chi connectivity index (χ0n) is 24.4. The molecule has 6 nitrogen and oxygen atoms in total. The highest BCUT2D eigenvalue weighted by molar-refractivity contribution is 5.98. The molecule has 6 heteroatoms. The van der Waals surface area contributed by atoms with Crippen molar-refractivity contribution in [3.05, 3.63) is 168 Å². The second-order valence-electron chi connectivity index (χ2n) is 10.1. The van der Waals surface area contributed by atoms with Gasteiger partial charge in [0.1, 0.15) is 0 Å². The lowest BCUT2D eigenvalue weighted by Crippen LogP contribution is -2.16. The van der Waals surface area contributed by atoms with E-state index in [0.717, 1.165) is 22.3 Å². The minimum absolute atomic E-state index is 0.0105. The molecule has 0 atom stereocenters. The van der Waals surface area contributed by atoms with Crippen LogP contribution in [-0.4, -0.2) is 17.6 Å². The Morgan fingerprint density at radius 3 is 1.55 bits per heavy atom. The highest BCUT2D eigenvalue weighted by Gasteiger charge is 2.10. The van der Waals surface area contributed by atoms with Crippen LogP contribution in [0, 0.1) is 0 Å². The third kappa shape index (κ3) is 10.6. The number of benzene rings is 5. The molecule has 44 heavy (non-hydrogen) atoms. The summed E-state index contributed by atoms with van der Waals surface area (Å²) in [6.07, 6.45) is 4.29. The Kier molecular flexibility index (Phi) is 11.8. The lowest BCUT2D eigenvalue weighted by molar-refractivity contribution is -0.116. The molecule has 0 heterocycles. The molecule has 0 fully saturated rings. The van der Waals surface area contributed by atoms with Crippen molar-refractivity contribution in [2.45, 2.75) is 19.3 Å². The molecule has 5 rings (SSSR count). The van der Waals surface area contributed by atoms with Crippen LogP contribution in [0.1, 0.15) is 22.3 Å². The number of nitrogens with two attached hydrogens (primary N) is 1. The van der Waals surface area contributed by atoms with E-state index in [2.05, 4.69) is 10.6 Å². The molecule has 0 aliphatic rings. The van der Waals surface area contributed by atoms with Gasteiger partial charge in [-0.25, -0.2) is 0 Å². The number of nitrogen functional groups attached to an aromatic ring is 1. The molecule has 0 radical (unpaired) electrons. The monoisotopic (exact) mass is 581 g/mol. The normalized spacial score (nSPS) is 10.4. The van der Waals surface area contributed by atoms with Gasteiger partial charge in [0, 0.05) is 12.1 Å². The van der Waals surface area contributed by atoms with Crippen LogP contribution in [0.2, 0.25) is 0 Å². The molecule has 0 aliphatic heterocycles. The fourth-order valence-electron chi connectivity index (χ4n) is 4.36. The maximum atomic E-state index is 12.3. The van der Waals surface area contributed by atoms with Gasteiger partial charge in [0.2, 0.25) is 11.8 Å². The lowest BCUT2D eigenvalue weighted by atomic mass is 10.1. The zero-order valence-corrected chi connectivity index (χ0v) is 24.4. The minimum Gasteiger partial charge on any atom is -0.397 e. The molecule has 4 N–H and O–H groups in total. The second kappa shape index (κ2) is 16.6. The average Bonchev–Trinajstić information content (AvgIpc) is 3.04. The van der Waals surface area contributed by atoms with Gasteiger partial charge in [-0.3, -0.25) is 14.4 Å². The van der Waals surface area contributed by atoms with Gasteiger partial charge in [-0.15, -0.1) is 0 Å². The van der Waals surface area contributed by atoms with E-state index in [0.29, 0.717) is 29.9 Å². The number of ketones is 1. The number of hydrogen-bond donors (Lipinski definition) is 3. The van der Waals surface area contributed by atoms with E-state index in [-0.39, 0.29) is 24.0 Å². The second-order valence-corrected chi connectivity index (χ2v) is 10.1. The first kappa shape index (κ1) is 31.2. The van der Waals surface area contributed by atoms with Gasteiger partial charge >= 0.3 is 0 Å². The Morgan fingerprint density at radius 2 is 0.977 bits per heavy atom. The van der Waals surface area contributed by atoms with Gasteiger partial charge in [0.05, 0.1) is 24.2 Å². The zero-order chi connectivity index (χ0) is 31.0. The molecular weight excluding hydrogens is 546 g/mol. The van der Waals surface area contributed by atoms with Crippen LogP contribution >= 0.6 is 0 Å². The topological polar surface area (TPSA) is 101 Å². The van der Waals surface area contributed by atoms with Crippen molar-refractivity contribution >= 4 is 40.7 Å². The molecule has 0 aliphatic carbocycles. The van der Waals surface area contributed by atoms with E-state index >= 15 is 0 Å². The fourth-order valence-corrected chi connectivity index (χ4v) is 4.36. The van der Waals surface area contributed by atoms with Crippen molar-refractivity contribution in [1.82, 2.24) is 0 Å². The number of rotatable bonds is 10. The Bertz CT molecular complexity index is 1680. The highest BCUT2D eigenvalue weighted by Crippen LogP contribution is 2.18. The molecule has 0 saturated carbocycles. The summed E-state index contributed by atoms with van der Waals surface area (Å²) in [4.78, 5) is 36.4. The third-order valence-electron chi connectivity index (χ3n) is 6.57. The number of carbonyl (C=O) groups excluding carboxylic acids is 3. The lowest BCUT2D eigenvalue weighted by Gasteiger charge is -2.10. The minimum atomic E-state index is -0.0964. The number of allylic oxidation sites excluding steroid dienone is 1. The first-order chi connectivity index (χ1) is 21.5. The van der Waals surface area contributed by atoms with Crippen LogP contribution in [-0.2, 0) is 33.6 Å². The fraction of sp³-hybridized carbons (Fsp3) is 0.0789. The summed E-state index contributed by atoms with van der Waals surface area (Å²) in [6.45, 7) is 0.